The normalized spacial score (nSPS) is 16.1. The van der Waals surface area contributed by atoms with E-state index in [1.165, 1.54) is 77.2 Å². The largest absolute Gasteiger partial charge is 0.309 e. The molecule has 0 aliphatic heterocycles. The lowest BCUT2D eigenvalue weighted by Crippen LogP contribution is -2.19. The molecule has 0 fully saturated rings. The molecular weight excluding hydrogens is 579 g/mol. The first-order valence-corrected chi connectivity index (χ1v) is 16.8. The Hall–Kier alpha value is -5.92. The Morgan fingerprint density at radius 2 is 1.04 bits per heavy atom. The number of fused-ring (bicyclic) bond motifs is 4. The topological polar surface area (TPSA) is 4.93 Å². The summed E-state index contributed by atoms with van der Waals surface area (Å²) in [5.74, 6) is 0. The summed E-state index contributed by atoms with van der Waals surface area (Å²) in [6.45, 7) is 2.33. The number of rotatable bonds is 5. The molecule has 0 bridgehead atoms. The maximum Gasteiger partial charge on any atom is 0.0541 e. The summed E-state index contributed by atoms with van der Waals surface area (Å²) in [4.78, 5) is 0. The number of hydrogen-bond acceptors (Lipinski definition) is 0. The van der Waals surface area contributed by atoms with Gasteiger partial charge in [-0.1, -0.05) is 159 Å². The standard InChI is InChI=1S/C47H35N/c1-47(40-15-6-3-7-16-40)29-27-36(28-30-47)39-24-26-46-43(32-39)42-31-38(35-21-19-34(20-22-35)33-11-4-2-5-12-33)23-25-45(42)48(46)44-18-10-14-37-13-8-9-17-41(37)44/h2-29,31-32H,30H2,1H3. The van der Waals surface area contributed by atoms with Gasteiger partial charge >= 0.3 is 0 Å². The van der Waals surface area contributed by atoms with Crippen LogP contribution in [0.15, 0.2) is 182 Å². The number of hydrogen-bond donors (Lipinski definition) is 0. The van der Waals surface area contributed by atoms with Crippen LogP contribution in [0.3, 0.4) is 0 Å². The lowest BCUT2D eigenvalue weighted by atomic mass is 9.75. The third-order valence-corrected chi connectivity index (χ3v) is 10.2. The molecule has 1 heterocycles. The average Bonchev–Trinajstić information content (AvgIpc) is 3.48. The van der Waals surface area contributed by atoms with Crippen molar-refractivity contribution in [1.29, 1.82) is 0 Å². The van der Waals surface area contributed by atoms with Crippen molar-refractivity contribution >= 4 is 38.2 Å². The Balaban J connectivity index is 1.19. The van der Waals surface area contributed by atoms with E-state index >= 15 is 0 Å². The van der Waals surface area contributed by atoms with Gasteiger partial charge in [0.15, 0.2) is 0 Å². The molecule has 1 heteroatoms. The molecule has 0 saturated heterocycles. The Bertz CT molecular complexity index is 2510. The second-order valence-corrected chi connectivity index (χ2v) is 13.2. The highest BCUT2D eigenvalue weighted by molar-refractivity contribution is 6.12. The van der Waals surface area contributed by atoms with Crippen molar-refractivity contribution in [3.8, 4) is 27.9 Å². The van der Waals surface area contributed by atoms with Crippen LogP contribution >= 0.6 is 0 Å². The van der Waals surface area contributed by atoms with Crippen LogP contribution in [-0.2, 0) is 5.41 Å². The van der Waals surface area contributed by atoms with E-state index < -0.39 is 0 Å². The zero-order valence-corrected chi connectivity index (χ0v) is 27.0. The lowest BCUT2D eigenvalue weighted by Gasteiger charge is -2.28. The Morgan fingerprint density at radius 1 is 0.479 bits per heavy atom. The van der Waals surface area contributed by atoms with Crippen LogP contribution < -0.4 is 0 Å². The van der Waals surface area contributed by atoms with Crippen LogP contribution in [0.2, 0.25) is 0 Å². The molecule has 1 nitrogen and oxygen atoms in total. The molecule has 0 N–H and O–H groups in total. The summed E-state index contributed by atoms with van der Waals surface area (Å²) in [6.07, 6.45) is 8.10. The fraction of sp³-hybridized carbons (Fsp3) is 0.0638. The first-order valence-electron chi connectivity index (χ1n) is 16.8. The second-order valence-electron chi connectivity index (χ2n) is 13.2. The first kappa shape index (κ1) is 28.3. The van der Waals surface area contributed by atoms with Crippen molar-refractivity contribution in [2.24, 2.45) is 0 Å². The molecule has 48 heavy (non-hydrogen) atoms. The highest BCUT2D eigenvalue weighted by Crippen LogP contribution is 2.40. The Morgan fingerprint density at radius 3 is 1.75 bits per heavy atom. The zero-order chi connectivity index (χ0) is 32.1. The molecule has 0 amide bonds. The Kier molecular flexibility index (Phi) is 6.73. The van der Waals surface area contributed by atoms with Crippen molar-refractivity contribution in [2.45, 2.75) is 18.8 Å². The summed E-state index contributed by atoms with van der Waals surface area (Å²) >= 11 is 0. The minimum Gasteiger partial charge on any atom is -0.309 e. The number of aromatic nitrogens is 1. The molecule has 1 aliphatic carbocycles. The quantitative estimate of drug-likeness (QED) is 0.182. The summed E-state index contributed by atoms with van der Waals surface area (Å²) < 4.78 is 2.45. The molecule has 9 rings (SSSR count). The van der Waals surface area contributed by atoms with Crippen LogP contribution in [0.5, 0.6) is 0 Å². The predicted molar refractivity (Wildman–Crippen MR) is 205 cm³/mol. The van der Waals surface area contributed by atoms with Gasteiger partial charge in [-0.2, -0.15) is 0 Å². The molecular formula is C47H35N. The predicted octanol–water partition coefficient (Wildman–Crippen LogP) is 12.6. The summed E-state index contributed by atoms with van der Waals surface area (Å²) in [5.41, 5.74) is 12.4. The zero-order valence-electron chi connectivity index (χ0n) is 27.0. The van der Waals surface area contributed by atoms with E-state index in [0.29, 0.717) is 0 Å². The SMILES string of the molecule is CC1(c2ccccc2)C=CC(c2ccc3c(c2)c2cc(-c4ccc(-c5ccccc5)cc4)ccc2n3-c2cccc3ccccc23)=CC1. The monoisotopic (exact) mass is 613 g/mol. The molecule has 0 saturated carbocycles. The second kappa shape index (κ2) is 11.4. The van der Waals surface area contributed by atoms with Gasteiger partial charge in [-0.05, 0) is 81.1 Å². The van der Waals surface area contributed by atoms with E-state index in [9.17, 15) is 0 Å². The van der Waals surface area contributed by atoms with E-state index in [2.05, 4.69) is 194 Å². The maximum absolute atomic E-state index is 2.45. The van der Waals surface area contributed by atoms with E-state index in [1.54, 1.807) is 0 Å². The molecule has 8 aromatic rings. The van der Waals surface area contributed by atoms with E-state index in [0.717, 1.165) is 6.42 Å². The molecule has 228 valence electrons. The third kappa shape index (κ3) is 4.79. The molecule has 1 unspecified atom stereocenters. The van der Waals surface area contributed by atoms with Gasteiger partial charge in [0.2, 0.25) is 0 Å². The molecule has 1 atom stereocenters. The lowest BCUT2D eigenvalue weighted by molar-refractivity contribution is 0.601. The van der Waals surface area contributed by atoms with Crippen molar-refractivity contribution in [2.75, 3.05) is 0 Å². The van der Waals surface area contributed by atoms with Gasteiger partial charge in [0.05, 0.1) is 16.7 Å². The van der Waals surface area contributed by atoms with E-state index in [-0.39, 0.29) is 5.41 Å². The maximum atomic E-state index is 2.45. The number of nitrogens with zero attached hydrogens (tertiary/aromatic N) is 1. The number of benzene rings is 7. The van der Waals surface area contributed by atoms with Crippen LogP contribution in [0, 0.1) is 0 Å². The van der Waals surface area contributed by atoms with Crippen LogP contribution in [-0.4, -0.2) is 4.57 Å². The van der Waals surface area contributed by atoms with Crippen molar-refractivity contribution < 1.29 is 0 Å². The smallest absolute Gasteiger partial charge is 0.0541 e. The van der Waals surface area contributed by atoms with Crippen LogP contribution in [0.4, 0.5) is 0 Å². The number of allylic oxidation sites excluding steroid dienone is 4. The van der Waals surface area contributed by atoms with Crippen molar-refractivity contribution in [3.63, 3.8) is 0 Å². The fourth-order valence-corrected chi connectivity index (χ4v) is 7.51. The van der Waals surface area contributed by atoms with E-state index in [4.69, 9.17) is 0 Å². The summed E-state index contributed by atoms with van der Waals surface area (Å²) in [5, 5.41) is 5.03. The molecule has 7 aromatic carbocycles. The third-order valence-electron chi connectivity index (χ3n) is 10.2. The van der Waals surface area contributed by atoms with Gasteiger partial charge in [-0.25, -0.2) is 0 Å². The summed E-state index contributed by atoms with van der Waals surface area (Å²) in [7, 11) is 0. The minimum atomic E-state index is 0.00418. The molecule has 0 spiro atoms. The van der Waals surface area contributed by atoms with Gasteiger partial charge in [0, 0.05) is 21.6 Å². The van der Waals surface area contributed by atoms with Gasteiger partial charge in [0.25, 0.3) is 0 Å². The van der Waals surface area contributed by atoms with Crippen LogP contribution in [0.25, 0.3) is 66.1 Å². The molecule has 1 aliphatic rings. The van der Waals surface area contributed by atoms with Crippen LogP contribution in [0.1, 0.15) is 24.5 Å². The summed E-state index contributed by atoms with van der Waals surface area (Å²) in [6, 6.07) is 59.7. The fourth-order valence-electron chi connectivity index (χ4n) is 7.51. The van der Waals surface area contributed by atoms with Gasteiger partial charge < -0.3 is 4.57 Å². The molecule has 1 aromatic heterocycles. The van der Waals surface area contributed by atoms with E-state index in [1.807, 2.05) is 0 Å². The highest BCUT2D eigenvalue weighted by Gasteiger charge is 2.25. The van der Waals surface area contributed by atoms with Gasteiger partial charge in [-0.3, -0.25) is 0 Å². The first-order chi connectivity index (χ1) is 23.6. The van der Waals surface area contributed by atoms with Crippen molar-refractivity contribution in [3.05, 3.63) is 193 Å². The minimum absolute atomic E-state index is 0.00418. The van der Waals surface area contributed by atoms with Gasteiger partial charge in [0.1, 0.15) is 0 Å². The van der Waals surface area contributed by atoms with Crippen molar-refractivity contribution in [1.82, 2.24) is 4.57 Å². The Labute approximate surface area is 281 Å². The average molecular weight is 614 g/mol. The van der Waals surface area contributed by atoms with Gasteiger partial charge in [-0.15, -0.1) is 0 Å². The highest BCUT2D eigenvalue weighted by atomic mass is 15.0. The molecule has 0 radical (unpaired) electrons.